The van der Waals surface area contributed by atoms with E-state index in [1.54, 1.807) is 10.7 Å². The first-order chi connectivity index (χ1) is 12.3. The fraction of sp³-hybridized carbons (Fsp3) is 0.235. The van der Waals surface area contributed by atoms with Crippen LogP contribution < -0.4 is 5.32 Å². The van der Waals surface area contributed by atoms with Gasteiger partial charge in [-0.15, -0.1) is 16.4 Å². The number of fused-ring (bicyclic) bond motifs is 2. The molecule has 0 amide bonds. The Morgan fingerprint density at radius 1 is 1.32 bits per heavy atom. The number of hydrogen-bond acceptors (Lipinski definition) is 5. The Morgan fingerprint density at radius 2 is 2.28 bits per heavy atom. The molecular formula is C17H15FN6S. The minimum atomic E-state index is -0.174. The first-order valence-electron chi connectivity index (χ1n) is 8.10. The number of hydrogen-bond donors (Lipinski definition) is 1. The maximum atomic E-state index is 13.8. The van der Waals surface area contributed by atoms with Crippen LogP contribution in [0.3, 0.4) is 0 Å². The Labute approximate surface area is 146 Å². The lowest BCUT2D eigenvalue weighted by Crippen LogP contribution is -2.28. The molecule has 25 heavy (non-hydrogen) atoms. The summed E-state index contributed by atoms with van der Waals surface area (Å²) in [7, 11) is 0. The van der Waals surface area contributed by atoms with Gasteiger partial charge in [-0.2, -0.15) is 5.10 Å². The highest BCUT2D eigenvalue weighted by atomic mass is 32.1. The fourth-order valence-electron chi connectivity index (χ4n) is 3.27. The van der Waals surface area contributed by atoms with Gasteiger partial charge in [0.15, 0.2) is 0 Å². The van der Waals surface area contributed by atoms with Crippen LogP contribution in [-0.2, 0) is 19.6 Å². The Bertz CT molecular complexity index is 1060. The van der Waals surface area contributed by atoms with Crippen molar-refractivity contribution >= 4 is 21.4 Å². The molecule has 126 valence electrons. The van der Waals surface area contributed by atoms with Crippen LogP contribution in [0.15, 0.2) is 36.0 Å². The quantitative estimate of drug-likeness (QED) is 0.614. The first-order valence-corrected chi connectivity index (χ1v) is 8.98. The number of halogens is 1. The molecule has 0 spiro atoms. The van der Waals surface area contributed by atoms with Crippen molar-refractivity contribution in [1.29, 1.82) is 0 Å². The molecule has 1 aromatic carbocycles. The molecule has 0 unspecified atom stereocenters. The highest BCUT2D eigenvalue weighted by molar-refractivity contribution is 7.17. The van der Waals surface area contributed by atoms with Crippen molar-refractivity contribution in [2.45, 2.75) is 19.6 Å². The second kappa shape index (κ2) is 5.75. The summed E-state index contributed by atoms with van der Waals surface area (Å²) >= 11 is 1.42. The zero-order valence-electron chi connectivity index (χ0n) is 13.3. The molecule has 3 aromatic heterocycles. The van der Waals surface area contributed by atoms with Crippen molar-refractivity contribution < 1.29 is 4.39 Å². The molecule has 1 N–H and O–H groups in total. The van der Waals surface area contributed by atoms with Crippen LogP contribution >= 0.6 is 11.3 Å². The van der Waals surface area contributed by atoms with Gasteiger partial charge in [-0.05, 0) is 17.0 Å². The van der Waals surface area contributed by atoms with Gasteiger partial charge < -0.3 is 5.32 Å². The van der Waals surface area contributed by atoms with E-state index in [0.29, 0.717) is 11.2 Å². The fourth-order valence-corrected chi connectivity index (χ4v) is 4.23. The van der Waals surface area contributed by atoms with Crippen LogP contribution in [-0.4, -0.2) is 31.3 Å². The summed E-state index contributed by atoms with van der Waals surface area (Å²) in [6, 6.07) is 5.18. The van der Waals surface area contributed by atoms with Gasteiger partial charge in [0.25, 0.3) is 0 Å². The van der Waals surface area contributed by atoms with Crippen molar-refractivity contribution in [1.82, 2.24) is 30.1 Å². The summed E-state index contributed by atoms with van der Waals surface area (Å²) in [5.41, 5.74) is 4.02. The highest BCUT2D eigenvalue weighted by Crippen LogP contribution is 2.29. The Hall–Kier alpha value is -2.58. The van der Waals surface area contributed by atoms with E-state index in [4.69, 9.17) is 0 Å². The van der Waals surface area contributed by atoms with Crippen molar-refractivity contribution in [2.24, 2.45) is 0 Å². The van der Waals surface area contributed by atoms with E-state index >= 15 is 0 Å². The third-order valence-corrected chi connectivity index (χ3v) is 5.57. The molecule has 6 nitrogen and oxygen atoms in total. The Morgan fingerprint density at radius 3 is 3.24 bits per heavy atom. The summed E-state index contributed by atoms with van der Waals surface area (Å²) in [5, 5.41) is 19.3. The molecule has 0 fully saturated rings. The molecule has 0 radical (unpaired) electrons. The average Bonchev–Trinajstić information content (AvgIpc) is 3.34. The summed E-state index contributed by atoms with van der Waals surface area (Å²) in [4.78, 5) is 0. The molecule has 0 aliphatic carbocycles. The Kier molecular flexibility index (Phi) is 3.39. The van der Waals surface area contributed by atoms with E-state index in [2.05, 4.69) is 20.7 Å². The topological polar surface area (TPSA) is 60.6 Å². The van der Waals surface area contributed by atoms with E-state index in [1.165, 1.54) is 17.4 Å². The summed E-state index contributed by atoms with van der Waals surface area (Å²) in [6.07, 6.45) is 3.78. The first kappa shape index (κ1) is 14.7. The van der Waals surface area contributed by atoms with E-state index in [-0.39, 0.29) is 5.82 Å². The van der Waals surface area contributed by atoms with Crippen molar-refractivity contribution in [3.63, 3.8) is 0 Å². The van der Waals surface area contributed by atoms with Crippen LogP contribution in [0.2, 0.25) is 0 Å². The molecule has 4 heterocycles. The molecule has 0 saturated carbocycles. The normalized spacial score (nSPS) is 14.1. The number of thiophene rings is 1. The van der Waals surface area contributed by atoms with Gasteiger partial charge >= 0.3 is 0 Å². The molecule has 8 heteroatoms. The second-order valence-electron chi connectivity index (χ2n) is 6.08. The maximum Gasteiger partial charge on any atom is 0.140 e. The zero-order chi connectivity index (χ0) is 16.8. The number of rotatable bonds is 3. The zero-order valence-corrected chi connectivity index (χ0v) is 14.1. The van der Waals surface area contributed by atoms with E-state index in [1.807, 2.05) is 28.5 Å². The molecule has 4 aromatic rings. The van der Waals surface area contributed by atoms with Crippen LogP contribution in [0.25, 0.3) is 21.3 Å². The summed E-state index contributed by atoms with van der Waals surface area (Å²) < 4.78 is 18.3. The lowest BCUT2D eigenvalue weighted by Gasteiger charge is -2.15. The standard InChI is InChI=1S/C17H15FN6S/c18-14-3-1-2-12-11(10-25-17(12)14)8-23-9-15(21-22-23)13-6-20-24-5-4-19-7-16(13)24/h1-3,6,9-10,19H,4-5,7-8H2. The smallest absolute Gasteiger partial charge is 0.140 e. The van der Waals surface area contributed by atoms with Gasteiger partial charge in [0, 0.05) is 24.0 Å². The van der Waals surface area contributed by atoms with Gasteiger partial charge in [-0.3, -0.25) is 4.68 Å². The largest absolute Gasteiger partial charge is 0.309 e. The van der Waals surface area contributed by atoms with Gasteiger partial charge in [-0.25, -0.2) is 9.07 Å². The molecule has 0 atom stereocenters. The number of benzene rings is 1. The Balaban J connectivity index is 1.47. The number of nitrogens with zero attached hydrogens (tertiary/aromatic N) is 5. The lowest BCUT2D eigenvalue weighted by molar-refractivity contribution is 0.476. The van der Waals surface area contributed by atoms with Crippen molar-refractivity contribution in [3.05, 3.63) is 53.0 Å². The molecule has 1 aliphatic heterocycles. The molecule has 0 saturated heterocycles. The monoisotopic (exact) mass is 354 g/mol. The summed E-state index contributed by atoms with van der Waals surface area (Å²) in [6.45, 7) is 3.16. The van der Waals surface area contributed by atoms with Gasteiger partial charge in [0.1, 0.15) is 11.5 Å². The van der Waals surface area contributed by atoms with Crippen LogP contribution in [0.4, 0.5) is 4.39 Å². The van der Waals surface area contributed by atoms with Gasteiger partial charge in [0.05, 0.1) is 35.9 Å². The van der Waals surface area contributed by atoms with Gasteiger partial charge in [-0.1, -0.05) is 17.3 Å². The van der Waals surface area contributed by atoms with E-state index in [9.17, 15) is 4.39 Å². The van der Waals surface area contributed by atoms with Crippen molar-refractivity contribution in [2.75, 3.05) is 6.54 Å². The third kappa shape index (κ3) is 2.45. The third-order valence-electron chi connectivity index (χ3n) is 4.52. The minimum absolute atomic E-state index is 0.174. The molecular weight excluding hydrogens is 339 g/mol. The number of nitrogens with one attached hydrogen (secondary N) is 1. The lowest BCUT2D eigenvalue weighted by atomic mass is 10.1. The van der Waals surface area contributed by atoms with Gasteiger partial charge in [0.2, 0.25) is 0 Å². The molecule has 5 rings (SSSR count). The van der Waals surface area contributed by atoms with Crippen LogP contribution in [0.1, 0.15) is 11.3 Å². The van der Waals surface area contributed by atoms with Crippen LogP contribution in [0.5, 0.6) is 0 Å². The average molecular weight is 354 g/mol. The predicted molar refractivity (Wildman–Crippen MR) is 93.8 cm³/mol. The maximum absolute atomic E-state index is 13.8. The second-order valence-corrected chi connectivity index (χ2v) is 6.96. The van der Waals surface area contributed by atoms with E-state index < -0.39 is 0 Å². The predicted octanol–water partition coefficient (Wildman–Crippen LogP) is 2.65. The molecule has 1 aliphatic rings. The summed E-state index contributed by atoms with van der Waals surface area (Å²) in [5.74, 6) is -0.174. The minimum Gasteiger partial charge on any atom is -0.309 e. The number of aromatic nitrogens is 5. The SMILES string of the molecule is Fc1cccc2c(Cn3cc(-c4cnn5c4CNCC5)nn3)csc12. The van der Waals surface area contributed by atoms with E-state index in [0.717, 1.165) is 47.5 Å². The van der Waals surface area contributed by atoms with Crippen molar-refractivity contribution in [3.8, 4) is 11.3 Å². The molecule has 0 bridgehead atoms. The highest BCUT2D eigenvalue weighted by Gasteiger charge is 2.18. The van der Waals surface area contributed by atoms with Crippen LogP contribution in [0, 0.1) is 5.82 Å².